The first kappa shape index (κ1) is 9.86. The molecule has 3 nitrogen and oxygen atoms in total. The summed E-state index contributed by atoms with van der Waals surface area (Å²) in [6, 6.07) is 7.19. The van der Waals surface area contributed by atoms with E-state index in [9.17, 15) is 4.79 Å². The van der Waals surface area contributed by atoms with E-state index in [0.29, 0.717) is 0 Å². The van der Waals surface area contributed by atoms with Gasteiger partial charge in [0, 0.05) is 11.6 Å². The van der Waals surface area contributed by atoms with Crippen molar-refractivity contribution < 1.29 is 14.3 Å². The molecule has 4 heteroatoms. The van der Waals surface area contributed by atoms with Crippen LogP contribution >= 0.6 is 11.6 Å². The molecule has 0 unspecified atom stereocenters. The van der Waals surface area contributed by atoms with Crippen LogP contribution in [0.15, 0.2) is 24.3 Å². The third kappa shape index (κ3) is 3.34. The van der Waals surface area contributed by atoms with Gasteiger partial charge in [0.1, 0.15) is 12.4 Å². The van der Waals surface area contributed by atoms with Gasteiger partial charge in [0.25, 0.3) is 0 Å². The maximum Gasteiger partial charge on any atom is 0.404 e. The summed E-state index contributed by atoms with van der Waals surface area (Å²) >= 11 is 5.00. The van der Waals surface area contributed by atoms with Gasteiger partial charge in [0.2, 0.25) is 0 Å². The van der Waals surface area contributed by atoms with Crippen LogP contribution in [0, 0.1) is 0 Å². The fraction of sp³-hybridized carbons (Fsp3) is 0.222. The molecule has 0 radical (unpaired) electrons. The summed E-state index contributed by atoms with van der Waals surface area (Å²) in [7, 11) is 1.59. The molecule has 13 heavy (non-hydrogen) atoms. The van der Waals surface area contributed by atoms with Crippen LogP contribution < -0.4 is 4.74 Å². The van der Waals surface area contributed by atoms with E-state index >= 15 is 0 Å². The Labute approximate surface area is 81.2 Å². The third-order valence-corrected chi connectivity index (χ3v) is 1.62. The van der Waals surface area contributed by atoms with Crippen molar-refractivity contribution in [1.29, 1.82) is 0 Å². The highest BCUT2D eigenvalue weighted by molar-refractivity contribution is 6.61. The Kier molecular flexibility index (Phi) is 3.58. The average molecular weight is 201 g/mol. The van der Waals surface area contributed by atoms with Crippen LogP contribution in [0.4, 0.5) is 4.79 Å². The molecule has 0 spiro atoms. The predicted molar refractivity (Wildman–Crippen MR) is 49.0 cm³/mol. The van der Waals surface area contributed by atoms with Crippen LogP contribution in [0.5, 0.6) is 5.75 Å². The molecule has 0 saturated carbocycles. The highest BCUT2D eigenvalue weighted by Crippen LogP contribution is 2.12. The van der Waals surface area contributed by atoms with Gasteiger partial charge in [-0.1, -0.05) is 12.1 Å². The van der Waals surface area contributed by atoms with E-state index in [2.05, 4.69) is 4.74 Å². The van der Waals surface area contributed by atoms with Gasteiger partial charge >= 0.3 is 5.43 Å². The zero-order chi connectivity index (χ0) is 9.68. The van der Waals surface area contributed by atoms with E-state index < -0.39 is 5.43 Å². The SMILES string of the molecule is COc1ccc(COC(=O)Cl)cc1. The summed E-state index contributed by atoms with van der Waals surface area (Å²) in [6.07, 6.45) is 0. The molecular formula is C9H9ClO3. The number of carbonyl (C=O) groups is 1. The molecule has 0 heterocycles. The molecule has 0 aliphatic carbocycles. The lowest BCUT2D eigenvalue weighted by Crippen LogP contribution is -1.94. The molecule has 0 bridgehead atoms. The number of hydrogen-bond acceptors (Lipinski definition) is 3. The average Bonchev–Trinajstić information content (AvgIpc) is 2.15. The molecule has 1 aromatic carbocycles. The second kappa shape index (κ2) is 4.72. The molecule has 1 rings (SSSR count). The van der Waals surface area contributed by atoms with Crippen molar-refractivity contribution in [2.75, 3.05) is 7.11 Å². The quantitative estimate of drug-likeness (QED) is 0.704. The molecule has 0 fully saturated rings. The summed E-state index contributed by atoms with van der Waals surface area (Å²) in [5.74, 6) is 0.765. The number of hydrogen-bond donors (Lipinski definition) is 0. The monoisotopic (exact) mass is 200 g/mol. The molecule has 0 amide bonds. The smallest absolute Gasteiger partial charge is 0.404 e. The molecule has 0 aromatic heterocycles. The molecule has 0 saturated heterocycles. The largest absolute Gasteiger partial charge is 0.497 e. The summed E-state index contributed by atoms with van der Waals surface area (Å²) in [6.45, 7) is 0.187. The van der Waals surface area contributed by atoms with Crippen molar-refractivity contribution in [3.63, 3.8) is 0 Å². The molecule has 0 aliphatic heterocycles. The predicted octanol–water partition coefficient (Wildman–Crippen LogP) is 2.57. The van der Waals surface area contributed by atoms with Gasteiger partial charge in [0.15, 0.2) is 0 Å². The van der Waals surface area contributed by atoms with Crippen molar-refractivity contribution in [1.82, 2.24) is 0 Å². The van der Waals surface area contributed by atoms with Gasteiger partial charge in [-0.25, -0.2) is 4.79 Å². The lowest BCUT2D eigenvalue weighted by atomic mass is 10.2. The fourth-order valence-corrected chi connectivity index (χ4v) is 0.916. The normalized spacial score (nSPS) is 9.38. The topological polar surface area (TPSA) is 35.5 Å². The van der Waals surface area contributed by atoms with Gasteiger partial charge in [0.05, 0.1) is 7.11 Å². The summed E-state index contributed by atoms with van der Waals surface area (Å²) in [5.41, 5.74) is 0.0746. The second-order valence-corrected chi connectivity index (χ2v) is 2.68. The van der Waals surface area contributed by atoms with Gasteiger partial charge in [-0.05, 0) is 17.7 Å². The van der Waals surface area contributed by atoms with E-state index in [0.717, 1.165) is 11.3 Å². The van der Waals surface area contributed by atoms with E-state index in [1.165, 1.54) is 0 Å². The maximum atomic E-state index is 10.3. The molecule has 0 aliphatic rings. The van der Waals surface area contributed by atoms with Crippen LogP contribution in [-0.2, 0) is 11.3 Å². The summed E-state index contributed by atoms with van der Waals surface area (Å²) in [5, 5.41) is 0. The summed E-state index contributed by atoms with van der Waals surface area (Å²) < 4.78 is 9.55. The van der Waals surface area contributed by atoms with Crippen molar-refractivity contribution in [2.24, 2.45) is 0 Å². The van der Waals surface area contributed by atoms with Crippen LogP contribution in [0.2, 0.25) is 0 Å². The highest BCUT2D eigenvalue weighted by atomic mass is 35.5. The van der Waals surface area contributed by atoms with Crippen LogP contribution in [-0.4, -0.2) is 12.5 Å². The standard InChI is InChI=1S/C9H9ClO3/c1-12-8-4-2-7(3-5-8)6-13-9(10)11/h2-5H,6H2,1H3. The molecule has 0 atom stereocenters. The van der Waals surface area contributed by atoms with Crippen molar-refractivity contribution in [2.45, 2.75) is 6.61 Å². The minimum atomic E-state index is -0.796. The molecular weight excluding hydrogens is 192 g/mol. The molecule has 1 aromatic rings. The van der Waals surface area contributed by atoms with Crippen LogP contribution in [0.1, 0.15) is 5.56 Å². The first-order chi connectivity index (χ1) is 6.22. The van der Waals surface area contributed by atoms with E-state index in [1.807, 2.05) is 0 Å². The van der Waals surface area contributed by atoms with Gasteiger partial charge in [-0.2, -0.15) is 0 Å². The highest BCUT2D eigenvalue weighted by Gasteiger charge is 1.97. The van der Waals surface area contributed by atoms with E-state index in [-0.39, 0.29) is 6.61 Å². The number of ether oxygens (including phenoxy) is 2. The molecule has 0 N–H and O–H groups in total. The van der Waals surface area contributed by atoms with Crippen LogP contribution in [0.25, 0.3) is 0 Å². The zero-order valence-electron chi connectivity index (χ0n) is 7.12. The van der Waals surface area contributed by atoms with Crippen molar-refractivity contribution in [3.8, 4) is 5.75 Å². The number of benzene rings is 1. The fourth-order valence-electron chi connectivity index (χ4n) is 0.862. The number of methoxy groups -OCH3 is 1. The van der Waals surface area contributed by atoms with Crippen LogP contribution in [0.3, 0.4) is 0 Å². The third-order valence-electron chi connectivity index (χ3n) is 1.51. The Morgan fingerprint density at radius 3 is 2.46 bits per heavy atom. The Morgan fingerprint density at radius 2 is 2.00 bits per heavy atom. The first-order valence-electron chi connectivity index (χ1n) is 3.67. The number of carbonyl (C=O) groups excluding carboxylic acids is 1. The Bertz CT molecular complexity index is 281. The Hall–Kier alpha value is -1.22. The minimum absolute atomic E-state index is 0.187. The maximum absolute atomic E-state index is 10.3. The lowest BCUT2D eigenvalue weighted by molar-refractivity contribution is 0.167. The second-order valence-electron chi connectivity index (χ2n) is 2.37. The first-order valence-corrected chi connectivity index (χ1v) is 4.05. The van der Waals surface area contributed by atoms with Gasteiger partial charge in [-0.15, -0.1) is 0 Å². The van der Waals surface area contributed by atoms with E-state index in [1.54, 1.807) is 31.4 Å². The van der Waals surface area contributed by atoms with Crippen molar-refractivity contribution >= 4 is 17.0 Å². The number of rotatable bonds is 3. The van der Waals surface area contributed by atoms with Gasteiger partial charge in [-0.3, -0.25) is 0 Å². The minimum Gasteiger partial charge on any atom is -0.497 e. The number of halogens is 1. The van der Waals surface area contributed by atoms with Crippen molar-refractivity contribution in [3.05, 3.63) is 29.8 Å². The summed E-state index contributed by atoms with van der Waals surface area (Å²) in [4.78, 5) is 10.3. The zero-order valence-corrected chi connectivity index (χ0v) is 7.88. The van der Waals surface area contributed by atoms with E-state index in [4.69, 9.17) is 16.3 Å². The van der Waals surface area contributed by atoms with Gasteiger partial charge < -0.3 is 9.47 Å². The lowest BCUT2D eigenvalue weighted by Gasteiger charge is -2.02. The Balaban J connectivity index is 2.54. The Morgan fingerprint density at radius 1 is 1.38 bits per heavy atom. The molecule has 70 valence electrons.